The lowest BCUT2D eigenvalue weighted by molar-refractivity contribution is -0.121. The average molecular weight is 338 g/mol. The lowest BCUT2D eigenvalue weighted by Gasteiger charge is -2.21. The molecule has 0 saturated carbocycles. The van der Waals surface area contributed by atoms with Crippen LogP contribution >= 0.6 is 0 Å². The number of nitrogens with zero attached hydrogens (tertiary/aromatic N) is 3. The summed E-state index contributed by atoms with van der Waals surface area (Å²) in [6.45, 7) is 7.21. The van der Waals surface area contributed by atoms with Crippen molar-refractivity contribution in [3.05, 3.63) is 53.1 Å². The van der Waals surface area contributed by atoms with Gasteiger partial charge in [0.15, 0.2) is 5.82 Å². The molecule has 132 valence electrons. The van der Waals surface area contributed by atoms with E-state index in [2.05, 4.69) is 65.1 Å². The van der Waals surface area contributed by atoms with E-state index in [-0.39, 0.29) is 17.9 Å². The third kappa shape index (κ3) is 4.16. The molecule has 0 bridgehead atoms. The third-order valence-corrected chi connectivity index (χ3v) is 4.59. The van der Waals surface area contributed by atoms with Gasteiger partial charge in [0.05, 0.1) is 6.04 Å². The van der Waals surface area contributed by atoms with Crippen molar-refractivity contribution < 1.29 is 4.79 Å². The number of aromatic nitrogens is 3. The van der Waals surface area contributed by atoms with E-state index in [1.165, 1.54) is 5.56 Å². The van der Waals surface area contributed by atoms with Crippen LogP contribution < -0.4 is 5.32 Å². The Kier molecular flexibility index (Phi) is 5.31. The second kappa shape index (κ2) is 7.64. The number of hydrogen-bond donors (Lipinski definition) is 1. The number of amides is 1. The average Bonchev–Trinajstić information content (AvgIpc) is 3.18. The van der Waals surface area contributed by atoms with E-state index in [1.54, 1.807) is 0 Å². The minimum absolute atomic E-state index is 0.0115. The quantitative estimate of drug-likeness (QED) is 0.877. The van der Waals surface area contributed by atoms with Crippen LogP contribution in [0.15, 0.2) is 30.3 Å². The first kappa shape index (κ1) is 17.4. The number of carbonyl (C=O) groups excluding carboxylic acids is 1. The Labute approximate surface area is 149 Å². The van der Waals surface area contributed by atoms with Crippen LogP contribution in [0.4, 0.5) is 0 Å². The molecule has 1 atom stereocenters. The zero-order chi connectivity index (χ0) is 17.8. The monoisotopic (exact) mass is 338 g/mol. The standard InChI is InChI=1S/C20H26N4O/c1-14(2)19(20-23-22-17-7-5-13-24(17)20)21-18(25)8-4-6-16-11-9-15(3)10-12-16/h4,6,9-12,14,19H,5,7-8,13H2,1-3H3,(H,21,25). The Morgan fingerprint density at radius 2 is 2.04 bits per heavy atom. The van der Waals surface area contributed by atoms with Crippen molar-refractivity contribution >= 4 is 12.0 Å². The minimum atomic E-state index is -0.0976. The topological polar surface area (TPSA) is 59.8 Å². The zero-order valence-corrected chi connectivity index (χ0v) is 15.2. The van der Waals surface area contributed by atoms with Crippen LogP contribution in [0, 0.1) is 12.8 Å². The molecule has 1 aliphatic heterocycles. The molecule has 0 spiro atoms. The summed E-state index contributed by atoms with van der Waals surface area (Å²) < 4.78 is 2.16. The number of aryl methyl sites for hydroxylation is 2. The van der Waals surface area contributed by atoms with Crippen molar-refractivity contribution in [1.29, 1.82) is 0 Å². The Morgan fingerprint density at radius 1 is 1.28 bits per heavy atom. The number of nitrogens with one attached hydrogen (secondary N) is 1. The summed E-state index contributed by atoms with van der Waals surface area (Å²) in [5.41, 5.74) is 2.34. The molecule has 2 heterocycles. The molecule has 1 unspecified atom stereocenters. The van der Waals surface area contributed by atoms with Gasteiger partial charge in [-0.1, -0.05) is 55.8 Å². The van der Waals surface area contributed by atoms with Crippen LogP contribution in [0.2, 0.25) is 0 Å². The van der Waals surface area contributed by atoms with E-state index in [4.69, 9.17) is 0 Å². The molecule has 3 rings (SSSR count). The van der Waals surface area contributed by atoms with Crippen molar-refractivity contribution in [2.75, 3.05) is 0 Å². The van der Waals surface area contributed by atoms with Gasteiger partial charge >= 0.3 is 0 Å². The molecule has 1 aromatic carbocycles. The highest BCUT2D eigenvalue weighted by atomic mass is 16.1. The second-order valence-electron chi connectivity index (χ2n) is 7.04. The van der Waals surface area contributed by atoms with Gasteiger partial charge in [0.1, 0.15) is 5.82 Å². The highest BCUT2D eigenvalue weighted by Crippen LogP contribution is 2.24. The summed E-state index contributed by atoms with van der Waals surface area (Å²) in [4.78, 5) is 12.4. The van der Waals surface area contributed by atoms with Gasteiger partial charge in [0.25, 0.3) is 0 Å². The van der Waals surface area contributed by atoms with Gasteiger partial charge < -0.3 is 9.88 Å². The van der Waals surface area contributed by atoms with Gasteiger partial charge in [0, 0.05) is 19.4 Å². The maximum Gasteiger partial charge on any atom is 0.224 e. The van der Waals surface area contributed by atoms with E-state index < -0.39 is 0 Å². The summed E-state index contributed by atoms with van der Waals surface area (Å²) >= 11 is 0. The predicted molar refractivity (Wildman–Crippen MR) is 98.9 cm³/mol. The maximum atomic E-state index is 12.4. The molecular weight excluding hydrogens is 312 g/mol. The molecule has 5 heteroatoms. The zero-order valence-electron chi connectivity index (χ0n) is 15.2. The van der Waals surface area contributed by atoms with E-state index in [0.29, 0.717) is 6.42 Å². The highest BCUT2D eigenvalue weighted by Gasteiger charge is 2.27. The molecule has 0 radical (unpaired) electrons. The summed E-state index contributed by atoms with van der Waals surface area (Å²) in [5.74, 6) is 2.20. The molecule has 1 aromatic heterocycles. The van der Waals surface area contributed by atoms with Crippen LogP contribution in [0.5, 0.6) is 0 Å². The van der Waals surface area contributed by atoms with Crippen molar-refractivity contribution in [3.63, 3.8) is 0 Å². The number of fused-ring (bicyclic) bond motifs is 1. The maximum absolute atomic E-state index is 12.4. The molecule has 0 fully saturated rings. The van der Waals surface area contributed by atoms with Crippen LogP contribution in [0.25, 0.3) is 6.08 Å². The van der Waals surface area contributed by atoms with Crippen molar-refractivity contribution in [3.8, 4) is 0 Å². The number of carbonyl (C=O) groups is 1. The van der Waals surface area contributed by atoms with Crippen LogP contribution in [0.3, 0.4) is 0 Å². The van der Waals surface area contributed by atoms with Crippen LogP contribution in [-0.2, 0) is 17.8 Å². The van der Waals surface area contributed by atoms with E-state index in [1.807, 2.05) is 12.2 Å². The first-order valence-corrected chi connectivity index (χ1v) is 8.99. The van der Waals surface area contributed by atoms with E-state index in [9.17, 15) is 4.79 Å². The van der Waals surface area contributed by atoms with Crippen LogP contribution in [0.1, 0.15) is 55.5 Å². The first-order chi connectivity index (χ1) is 12.0. The third-order valence-electron chi connectivity index (χ3n) is 4.59. The van der Waals surface area contributed by atoms with E-state index in [0.717, 1.165) is 36.6 Å². The second-order valence-corrected chi connectivity index (χ2v) is 7.04. The molecule has 5 nitrogen and oxygen atoms in total. The molecule has 25 heavy (non-hydrogen) atoms. The highest BCUT2D eigenvalue weighted by molar-refractivity contribution is 5.78. The van der Waals surface area contributed by atoms with Crippen LogP contribution in [-0.4, -0.2) is 20.7 Å². The van der Waals surface area contributed by atoms with Crippen molar-refractivity contribution in [2.45, 2.75) is 52.6 Å². The molecule has 2 aromatic rings. The summed E-state index contributed by atoms with van der Waals surface area (Å²) in [5, 5.41) is 11.7. The largest absolute Gasteiger partial charge is 0.346 e. The molecule has 1 aliphatic rings. The predicted octanol–water partition coefficient (Wildman–Crippen LogP) is 3.45. The Morgan fingerprint density at radius 3 is 2.76 bits per heavy atom. The van der Waals surface area contributed by atoms with Gasteiger partial charge in [-0.2, -0.15) is 0 Å². The number of hydrogen-bond acceptors (Lipinski definition) is 3. The lowest BCUT2D eigenvalue weighted by Crippen LogP contribution is -2.33. The molecule has 0 aliphatic carbocycles. The smallest absolute Gasteiger partial charge is 0.224 e. The van der Waals surface area contributed by atoms with Crippen molar-refractivity contribution in [2.24, 2.45) is 5.92 Å². The molecule has 0 saturated heterocycles. The SMILES string of the molecule is Cc1ccc(C=CCC(=O)NC(c2nnc3n2CCC3)C(C)C)cc1. The fourth-order valence-corrected chi connectivity index (χ4v) is 3.14. The summed E-state index contributed by atoms with van der Waals surface area (Å²) in [7, 11) is 0. The normalized spacial score (nSPS) is 14.9. The fraction of sp³-hybridized carbons (Fsp3) is 0.450. The van der Waals surface area contributed by atoms with Gasteiger partial charge in [-0.25, -0.2) is 0 Å². The summed E-state index contributed by atoms with van der Waals surface area (Å²) in [6, 6.07) is 8.15. The Bertz CT molecular complexity index is 759. The first-order valence-electron chi connectivity index (χ1n) is 8.99. The van der Waals surface area contributed by atoms with Crippen molar-refractivity contribution in [1.82, 2.24) is 20.1 Å². The Balaban J connectivity index is 1.62. The molecule has 1 amide bonds. The fourth-order valence-electron chi connectivity index (χ4n) is 3.14. The number of rotatable bonds is 6. The lowest BCUT2D eigenvalue weighted by atomic mass is 10.0. The van der Waals surface area contributed by atoms with Gasteiger partial charge in [-0.3, -0.25) is 4.79 Å². The Hall–Kier alpha value is -2.43. The molecule has 1 N–H and O–H groups in total. The van der Waals surface area contributed by atoms with E-state index >= 15 is 0 Å². The van der Waals surface area contributed by atoms with Gasteiger partial charge in [-0.15, -0.1) is 10.2 Å². The van der Waals surface area contributed by atoms with Gasteiger partial charge in [0.2, 0.25) is 5.91 Å². The van der Waals surface area contributed by atoms with Gasteiger partial charge in [-0.05, 0) is 24.8 Å². The summed E-state index contributed by atoms with van der Waals surface area (Å²) in [6.07, 6.45) is 6.34. The minimum Gasteiger partial charge on any atom is -0.346 e. The number of benzene rings is 1. The molecular formula is C20H26N4O.